The number of nitrogens with zero attached hydrogens (tertiary/aromatic N) is 1. The Morgan fingerprint density at radius 1 is 1.58 bits per heavy atom. The van der Waals surface area contributed by atoms with Gasteiger partial charge in [0.25, 0.3) is 0 Å². The monoisotopic (exact) mass is 169 g/mol. The van der Waals surface area contributed by atoms with Gasteiger partial charge in [0.2, 0.25) is 6.41 Å². The van der Waals surface area contributed by atoms with E-state index in [2.05, 4.69) is 13.8 Å². The maximum absolute atomic E-state index is 10.7. The minimum atomic E-state index is 0.515. The molecule has 0 bridgehead atoms. The molecule has 2 nitrogen and oxygen atoms in total. The van der Waals surface area contributed by atoms with Crippen LogP contribution in [-0.2, 0) is 4.79 Å². The number of carbonyl (C=O) groups excluding carboxylic acids is 1. The first-order chi connectivity index (χ1) is 5.79. The van der Waals surface area contributed by atoms with Crippen LogP contribution in [0.25, 0.3) is 0 Å². The zero-order chi connectivity index (χ0) is 8.97. The molecule has 70 valence electrons. The third-order valence-corrected chi connectivity index (χ3v) is 2.88. The van der Waals surface area contributed by atoms with Crippen molar-refractivity contribution in [2.45, 2.75) is 45.6 Å². The molecule has 2 atom stereocenters. The molecule has 2 unspecified atom stereocenters. The molecule has 1 aliphatic heterocycles. The fourth-order valence-electron chi connectivity index (χ4n) is 2.16. The summed E-state index contributed by atoms with van der Waals surface area (Å²) in [6, 6.07) is 0.515. The minimum Gasteiger partial charge on any atom is -0.342 e. The molecule has 1 rings (SSSR count). The van der Waals surface area contributed by atoms with Crippen LogP contribution in [0, 0.1) is 5.92 Å². The largest absolute Gasteiger partial charge is 0.342 e. The highest BCUT2D eigenvalue weighted by atomic mass is 16.1. The highest BCUT2D eigenvalue weighted by Crippen LogP contribution is 2.24. The number of amides is 1. The summed E-state index contributed by atoms with van der Waals surface area (Å²) in [5, 5.41) is 0. The van der Waals surface area contributed by atoms with Gasteiger partial charge in [-0.25, -0.2) is 0 Å². The Morgan fingerprint density at radius 3 is 2.92 bits per heavy atom. The smallest absolute Gasteiger partial charge is 0.209 e. The topological polar surface area (TPSA) is 20.3 Å². The summed E-state index contributed by atoms with van der Waals surface area (Å²) in [5.74, 6) is 0.698. The van der Waals surface area contributed by atoms with E-state index in [9.17, 15) is 4.79 Å². The fraction of sp³-hybridized carbons (Fsp3) is 0.900. The molecule has 0 spiro atoms. The molecule has 0 aromatic carbocycles. The first kappa shape index (κ1) is 9.56. The zero-order valence-corrected chi connectivity index (χ0v) is 8.12. The predicted octanol–water partition coefficient (Wildman–Crippen LogP) is 2.04. The molecule has 1 heterocycles. The highest BCUT2D eigenvalue weighted by Gasteiger charge is 2.26. The van der Waals surface area contributed by atoms with Gasteiger partial charge < -0.3 is 4.90 Å². The van der Waals surface area contributed by atoms with Gasteiger partial charge in [-0.05, 0) is 25.2 Å². The van der Waals surface area contributed by atoms with E-state index < -0.39 is 0 Å². The quantitative estimate of drug-likeness (QED) is 0.592. The summed E-state index contributed by atoms with van der Waals surface area (Å²) >= 11 is 0. The van der Waals surface area contributed by atoms with Gasteiger partial charge in [0.15, 0.2) is 0 Å². The second-order valence-electron chi connectivity index (χ2n) is 3.82. The second kappa shape index (κ2) is 4.48. The average molecular weight is 169 g/mol. The van der Waals surface area contributed by atoms with Crippen LogP contribution in [0.3, 0.4) is 0 Å². The molecule has 0 aromatic heterocycles. The predicted molar refractivity (Wildman–Crippen MR) is 49.9 cm³/mol. The Bertz CT molecular complexity index is 147. The molecule has 0 aliphatic carbocycles. The number of piperidine rings is 1. The van der Waals surface area contributed by atoms with Crippen molar-refractivity contribution in [2.24, 2.45) is 5.92 Å². The van der Waals surface area contributed by atoms with Gasteiger partial charge in [0.1, 0.15) is 0 Å². The van der Waals surface area contributed by atoms with Crippen molar-refractivity contribution in [1.29, 1.82) is 0 Å². The van der Waals surface area contributed by atoms with Gasteiger partial charge in [0, 0.05) is 12.6 Å². The van der Waals surface area contributed by atoms with Crippen LogP contribution in [0.1, 0.15) is 39.5 Å². The first-order valence-electron chi connectivity index (χ1n) is 5.00. The van der Waals surface area contributed by atoms with Gasteiger partial charge in [0.05, 0.1) is 0 Å². The van der Waals surface area contributed by atoms with Gasteiger partial charge in [-0.15, -0.1) is 0 Å². The Morgan fingerprint density at radius 2 is 2.33 bits per heavy atom. The van der Waals surface area contributed by atoms with Gasteiger partial charge in [-0.2, -0.15) is 0 Å². The average Bonchev–Trinajstić information content (AvgIpc) is 2.09. The molecule has 1 saturated heterocycles. The lowest BCUT2D eigenvalue weighted by Gasteiger charge is -2.37. The third-order valence-electron chi connectivity index (χ3n) is 2.88. The standard InChI is InChI=1S/C10H19NO/c1-3-5-10-9(2)6-4-7-11(10)8-12/h8-10H,3-7H2,1-2H3. The summed E-state index contributed by atoms with van der Waals surface area (Å²) < 4.78 is 0. The Hall–Kier alpha value is -0.530. The second-order valence-corrected chi connectivity index (χ2v) is 3.82. The Balaban J connectivity index is 2.52. The van der Waals surface area contributed by atoms with Crippen molar-refractivity contribution in [1.82, 2.24) is 4.90 Å². The highest BCUT2D eigenvalue weighted by molar-refractivity contribution is 5.48. The summed E-state index contributed by atoms with van der Waals surface area (Å²) in [5.41, 5.74) is 0. The van der Waals surface area contributed by atoms with Crippen LogP contribution in [-0.4, -0.2) is 23.9 Å². The van der Waals surface area contributed by atoms with E-state index in [-0.39, 0.29) is 0 Å². The summed E-state index contributed by atoms with van der Waals surface area (Å²) in [6.07, 6.45) is 5.84. The number of carbonyl (C=O) groups is 1. The Kier molecular flexibility index (Phi) is 3.57. The molecule has 1 aliphatic rings. The van der Waals surface area contributed by atoms with Gasteiger partial charge in [-0.1, -0.05) is 20.3 Å². The number of rotatable bonds is 3. The van der Waals surface area contributed by atoms with Gasteiger partial charge in [-0.3, -0.25) is 4.79 Å². The van der Waals surface area contributed by atoms with Crippen LogP contribution < -0.4 is 0 Å². The third kappa shape index (κ3) is 1.99. The minimum absolute atomic E-state index is 0.515. The van der Waals surface area contributed by atoms with E-state index in [0.717, 1.165) is 13.0 Å². The molecular formula is C10H19NO. The van der Waals surface area contributed by atoms with Crippen molar-refractivity contribution in [3.05, 3.63) is 0 Å². The number of likely N-dealkylation sites (tertiary alicyclic amines) is 1. The van der Waals surface area contributed by atoms with Crippen LogP contribution >= 0.6 is 0 Å². The fourth-order valence-corrected chi connectivity index (χ4v) is 2.16. The van der Waals surface area contributed by atoms with E-state index in [1.807, 2.05) is 4.90 Å². The van der Waals surface area contributed by atoms with Crippen molar-refractivity contribution < 1.29 is 4.79 Å². The molecule has 1 fully saturated rings. The molecule has 0 radical (unpaired) electrons. The van der Waals surface area contributed by atoms with Crippen LogP contribution in [0.2, 0.25) is 0 Å². The first-order valence-corrected chi connectivity index (χ1v) is 5.00. The van der Waals surface area contributed by atoms with Crippen molar-refractivity contribution in [2.75, 3.05) is 6.54 Å². The van der Waals surface area contributed by atoms with Gasteiger partial charge >= 0.3 is 0 Å². The lowest BCUT2D eigenvalue weighted by Crippen LogP contribution is -2.43. The number of hydrogen-bond acceptors (Lipinski definition) is 1. The van der Waals surface area contributed by atoms with E-state index in [0.29, 0.717) is 12.0 Å². The van der Waals surface area contributed by atoms with Crippen molar-refractivity contribution >= 4 is 6.41 Å². The van der Waals surface area contributed by atoms with Crippen molar-refractivity contribution in [3.63, 3.8) is 0 Å². The van der Waals surface area contributed by atoms with E-state index in [4.69, 9.17) is 0 Å². The van der Waals surface area contributed by atoms with E-state index in [1.165, 1.54) is 25.7 Å². The van der Waals surface area contributed by atoms with Crippen LogP contribution in [0.15, 0.2) is 0 Å². The van der Waals surface area contributed by atoms with Crippen LogP contribution in [0.5, 0.6) is 0 Å². The molecule has 0 aromatic rings. The lowest BCUT2D eigenvalue weighted by atomic mass is 9.88. The van der Waals surface area contributed by atoms with E-state index >= 15 is 0 Å². The number of hydrogen-bond donors (Lipinski definition) is 0. The lowest BCUT2D eigenvalue weighted by molar-refractivity contribution is -0.122. The van der Waals surface area contributed by atoms with Crippen LogP contribution in [0.4, 0.5) is 0 Å². The SMILES string of the molecule is CCCC1C(C)CCCN1C=O. The Labute approximate surface area is 74.9 Å². The molecule has 12 heavy (non-hydrogen) atoms. The summed E-state index contributed by atoms with van der Waals surface area (Å²) in [4.78, 5) is 12.7. The maximum Gasteiger partial charge on any atom is 0.209 e. The molecule has 0 N–H and O–H groups in total. The molecule has 0 saturated carbocycles. The zero-order valence-electron chi connectivity index (χ0n) is 8.12. The molecule has 1 amide bonds. The molecule has 2 heteroatoms. The maximum atomic E-state index is 10.7. The normalized spacial score (nSPS) is 30.3. The summed E-state index contributed by atoms with van der Waals surface area (Å²) in [7, 11) is 0. The van der Waals surface area contributed by atoms with E-state index in [1.54, 1.807) is 0 Å². The van der Waals surface area contributed by atoms with Crippen molar-refractivity contribution in [3.8, 4) is 0 Å². The molecular weight excluding hydrogens is 150 g/mol. The summed E-state index contributed by atoms with van der Waals surface area (Å²) in [6.45, 7) is 5.42.